The van der Waals surface area contributed by atoms with Gasteiger partial charge in [-0.15, -0.1) is 0 Å². The number of ketones is 1. The molecule has 0 aromatic heterocycles. The van der Waals surface area contributed by atoms with Crippen LogP contribution >= 0.6 is 0 Å². The molecule has 2 rings (SSSR count). The summed E-state index contributed by atoms with van der Waals surface area (Å²) in [4.78, 5) is 25.6. The molecule has 1 fully saturated rings. The van der Waals surface area contributed by atoms with E-state index >= 15 is 0 Å². The van der Waals surface area contributed by atoms with Gasteiger partial charge in [0.05, 0.1) is 6.54 Å². The van der Waals surface area contributed by atoms with Crippen LogP contribution in [0.1, 0.15) is 25.0 Å². The van der Waals surface area contributed by atoms with Crippen LogP contribution in [0.25, 0.3) is 5.76 Å². The lowest BCUT2D eigenvalue weighted by Crippen LogP contribution is -2.32. The first-order valence-electron chi connectivity index (χ1n) is 6.27. The first kappa shape index (κ1) is 13.3. The summed E-state index contributed by atoms with van der Waals surface area (Å²) in [5, 5.41) is 10.3. The lowest BCUT2D eigenvalue weighted by atomic mass is 10.0. The Morgan fingerprint density at radius 1 is 1.26 bits per heavy atom. The van der Waals surface area contributed by atoms with Crippen molar-refractivity contribution in [2.45, 2.75) is 26.8 Å². The van der Waals surface area contributed by atoms with E-state index in [0.29, 0.717) is 5.56 Å². The Morgan fingerprint density at radius 3 is 2.42 bits per heavy atom. The number of aliphatic hydroxyl groups is 1. The molecule has 1 amide bonds. The van der Waals surface area contributed by atoms with E-state index < -0.39 is 0 Å². The zero-order chi connectivity index (χ0) is 14.2. The molecule has 100 valence electrons. The highest BCUT2D eigenvalue weighted by molar-refractivity contribution is 6.28. The van der Waals surface area contributed by atoms with Crippen molar-refractivity contribution in [1.82, 2.24) is 4.90 Å². The van der Waals surface area contributed by atoms with Crippen molar-refractivity contribution >= 4 is 17.4 Å². The number of benzene rings is 1. The van der Waals surface area contributed by atoms with Gasteiger partial charge in [0.15, 0.2) is 5.78 Å². The van der Waals surface area contributed by atoms with E-state index in [1.807, 2.05) is 32.9 Å². The van der Waals surface area contributed by atoms with Crippen LogP contribution in [-0.2, 0) is 9.59 Å². The number of nitrogens with zero attached hydrogens (tertiary/aromatic N) is 1. The monoisotopic (exact) mass is 259 g/mol. The first-order chi connectivity index (χ1) is 8.93. The van der Waals surface area contributed by atoms with Gasteiger partial charge in [0.2, 0.25) is 0 Å². The molecule has 0 spiro atoms. The molecule has 0 saturated carbocycles. The van der Waals surface area contributed by atoms with Gasteiger partial charge in [-0.05, 0) is 26.3 Å². The van der Waals surface area contributed by atoms with Crippen LogP contribution in [0.4, 0.5) is 0 Å². The van der Waals surface area contributed by atoms with E-state index in [9.17, 15) is 14.7 Å². The molecule has 0 atom stereocenters. The lowest BCUT2D eigenvalue weighted by molar-refractivity contribution is -0.126. The number of hydrogen-bond acceptors (Lipinski definition) is 3. The second kappa shape index (κ2) is 4.88. The summed E-state index contributed by atoms with van der Waals surface area (Å²) in [6.45, 7) is 5.57. The highest BCUT2D eigenvalue weighted by Crippen LogP contribution is 2.26. The molecular weight excluding hydrogens is 242 g/mol. The zero-order valence-corrected chi connectivity index (χ0v) is 11.3. The molecule has 1 N–H and O–H groups in total. The molecule has 1 aromatic carbocycles. The van der Waals surface area contributed by atoms with Gasteiger partial charge >= 0.3 is 0 Å². The summed E-state index contributed by atoms with van der Waals surface area (Å²) in [5.41, 5.74) is 1.27. The molecule has 19 heavy (non-hydrogen) atoms. The van der Waals surface area contributed by atoms with Gasteiger partial charge in [-0.3, -0.25) is 9.59 Å². The predicted molar refractivity (Wildman–Crippen MR) is 72.6 cm³/mol. The summed E-state index contributed by atoms with van der Waals surface area (Å²) in [7, 11) is 0. The largest absolute Gasteiger partial charge is 0.506 e. The number of likely N-dealkylation sites (tertiary alicyclic amines) is 1. The molecule has 1 aromatic rings. The molecule has 1 heterocycles. The van der Waals surface area contributed by atoms with Gasteiger partial charge < -0.3 is 10.0 Å². The van der Waals surface area contributed by atoms with Gasteiger partial charge in [-0.2, -0.15) is 0 Å². The quantitative estimate of drug-likeness (QED) is 0.502. The van der Waals surface area contributed by atoms with Gasteiger partial charge in [0, 0.05) is 11.6 Å². The van der Waals surface area contributed by atoms with Gasteiger partial charge in [0.1, 0.15) is 11.3 Å². The highest BCUT2D eigenvalue weighted by Gasteiger charge is 2.38. The Morgan fingerprint density at radius 2 is 1.89 bits per heavy atom. The summed E-state index contributed by atoms with van der Waals surface area (Å²) >= 11 is 0. The van der Waals surface area contributed by atoms with Crippen molar-refractivity contribution in [2.24, 2.45) is 0 Å². The fourth-order valence-electron chi connectivity index (χ4n) is 2.19. The average molecular weight is 259 g/mol. The fourth-order valence-corrected chi connectivity index (χ4v) is 2.19. The van der Waals surface area contributed by atoms with Gasteiger partial charge in [0.25, 0.3) is 5.91 Å². The molecule has 0 bridgehead atoms. The van der Waals surface area contributed by atoms with Crippen molar-refractivity contribution in [3.05, 3.63) is 41.0 Å². The molecule has 0 unspecified atom stereocenters. The van der Waals surface area contributed by atoms with E-state index in [1.54, 1.807) is 12.1 Å². The number of carbonyl (C=O) groups is 2. The molecule has 0 radical (unpaired) electrons. The standard InChI is InChI=1S/C15H17NO3/c1-9(2)16-8-12(17)13(15(16)19)14(18)11-7-5-4-6-10(11)3/h4-7,9,18H,8H2,1-3H3/b14-13-. The summed E-state index contributed by atoms with van der Waals surface area (Å²) in [6, 6.07) is 7.09. The Hall–Kier alpha value is -2.10. The van der Waals surface area contributed by atoms with Crippen LogP contribution in [0.3, 0.4) is 0 Å². The predicted octanol–water partition coefficient (Wildman–Crippen LogP) is 2.08. The van der Waals surface area contributed by atoms with Gasteiger partial charge in [-0.1, -0.05) is 24.3 Å². The van der Waals surface area contributed by atoms with Crippen molar-refractivity contribution in [3.63, 3.8) is 0 Å². The molecular formula is C15H17NO3. The topological polar surface area (TPSA) is 57.6 Å². The van der Waals surface area contributed by atoms with Crippen LogP contribution in [0.15, 0.2) is 29.8 Å². The second-order valence-electron chi connectivity index (χ2n) is 4.99. The van der Waals surface area contributed by atoms with Crippen LogP contribution in [-0.4, -0.2) is 34.3 Å². The number of hydrogen-bond donors (Lipinski definition) is 1. The average Bonchev–Trinajstić information content (AvgIpc) is 2.65. The summed E-state index contributed by atoms with van der Waals surface area (Å²) in [5.74, 6) is -0.920. The lowest BCUT2D eigenvalue weighted by Gasteiger charge is -2.18. The number of aliphatic hydroxyl groups excluding tert-OH is 1. The molecule has 1 saturated heterocycles. The number of Topliss-reactive ketones (excluding diaryl/α,β-unsaturated/α-hetero) is 1. The Balaban J connectivity index is 2.51. The van der Waals surface area contributed by atoms with Crippen LogP contribution < -0.4 is 0 Å². The smallest absolute Gasteiger partial charge is 0.262 e. The second-order valence-corrected chi connectivity index (χ2v) is 4.99. The molecule has 0 aliphatic carbocycles. The van der Waals surface area contributed by atoms with E-state index in [2.05, 4.69) is 0 Å². The normalized spacial score (nSPS) is 18.4. The maximum atomic E-state index is 12.2. The molecule has 1 aliphatic heterocycles. The Kier molecular flexibility index (Phi) is 3.42. The minimum Gasteiger partial charge on any atom is -0.506 e. The van der Waals surface area contributed by atoms with Crippen LogP contribution in [0.2, 0.25) is 0 Å². The van der Waals surface area contributed by atoms with Crippen LogP contribution in [0.5, 0.6) is 0 Å². The number of aryl methyl sites for hydroxylation is 1. The third-order valence-corrected chi connectivity index (χ3v) is 3.33. The third kappa shape index (κ3) is 2.26. The van der Waals surface area contributed by atoms with E-state index in [4.69, 9.17) is 0 Å². The minimum absolute atomic E-state index is 0.0434. The SMILES string of the molecule is Cc1ccccc1/C(O)=C1\C(=O)CN(C(C)C)C1=O. The van der Waals surface area contributed by atoms with Crippen LogP contribution in [0, 0.1) is 6.92 Å². The maximum absolute atomic E-state index is 12.2. The maximum Gasteiger partial charge on any atom is 0.262 e. The summed E-state index contributed by atoms with van der Waals surface area (Å²) < 4.78 is 0. The molecule has 4 nitrogen and oxygen atoms in total. The van der Waals surface area contributed by atoms with E-state index in [1.165, 1.54) is 4.90 Å². The van der Waals surface area contributed by atoms with Gasteiger partial charge in [-0.25, -0.2) is 0 Å². The number of rotatable bonds is 2. The number of amides is 1. The van der Waals surface area contributed by atoms with Crippen molar-refractivity contribution in [2.75, 3.05) is 6.54 Å². The first-order valence-corrected chi connectivity index (χ1v) is 6.27. The summed E-state index contributed by atoms with van der Waals surface area (Å²) in [6.07, 6.45) is 0. The molecule has 1 aliphatic rings. The Labute approximate surface area is 112 Å². The van der Waals surface area contributed by atoms with Crippen molar-refractivity contribution in [3.8, 4) is 0 Å². The van der Waals surface area contributed by atoms with Crippen molar-refractivity contribution in [1.29, 1.82) is 0 Å². The number of carbonyl (C=O) groups excluding carboxylic acids is 2. The van der Waals surface area contributed by atoms with E-state index in [-0.39, 0.29) is 35.6 Å². The third-order valence-electron chi connectivity index (χ3n) is 3.33. The minimum atomic E-state index is -0.388. The Bertz CT molecular complexity index is 573. The highest BCUT2D eigenvalue weighted by atomic mass is 16.3. The zero-order valence-electron chi connectivity index (χ0n) is 11.3. The van der Waals surface area contributed by atoms with E-state index in [0.717, 1.165) is 5.56 Å². The molecule has 4 heteroatoms. The van der Waals surface area contributed by atoms with Crippen molar-refractivity contribution < 1.29 is 14.7 Å². The fraction of sp³-hybridized carbons (Fsp3) is 0.333.